The number of carbonyl (C=O) groups excluding carboxylic acids is 2. The van der Waals surface area contributed by atoms with Crippen molar-refractivity contribution in [2.75, 3.05) is 13.2 Å². The summed E-state index contributed by atoms with van der Waals surface area (Å²) in [6.45, 7) is 4.05. The van der Waals surface area contributed by atoms with Crippen LogP contribution in [0, 0.1) is 0 Å². The van der Waals surface area contributed by atoms with E-state index in [0.717, 1.165) is 38.5 Å². The van der Waals surface area contributed by atoms with Crippen molar-refractivity contribution in [3.05, 3.63) is 0 Å². The van der Waals surface area contributed by atoms with E-state index in [9.17, 15) is 14.7 Å². The van der Waals surface area contributed by atoms with E-state index in [1.54, 1.807) is 0 Å². The van der Waals surface area contributed by atoms with Crippen LogP contribution in [0.4, 0.5) is 0 Å². The van der Waals surface area contributed by atoms with E-state index in [4.69, 9.17) is 9.47 Å². The summed E-state index contributed by atoms with van der Waals surface area (Å²) in [5, 5.41) is 9.38. The predicted molar refractivity (Wildman–Crippen MR) is 127 cm³/mol. The van der Waals surface area contributed by atoms with E-state index in [2.05, 4.69) is 13.8 Å². The Morgan fingerprint density at radius 3 is 1.42 bits per heavy atom. The first-order valence-electron chi connectivity index (χ1n) is 13.1. The Morgan fingerprint density at radius 2 is 1.00 bits per heavy atom. The summed E-state index contributed by atoms with van der Waals surface area (Å²) < 4.78 is 10.4. The first-order valence-corrected chi connectivity index (χ1v) is 13.1. The smallest absolute Gasteiger partial charge is 0.306 e. The molecule has 0 amide bonds. The first kappa shape index (κ1) is 29.9. The molecule has 1 N–H and O–H groups in total. The van der Waals surface area contributed by atoms with Crippen LogP contribution in [-0.4, -0.2) is 36.4 Å². The molecule has 5 nitrogen and oxygen atoms in total. The van der Waals surface area contributed by atoms with Gasteiger partial charge in [-0.3, -0.25) is 9.59 Å². The zero-order chi connectivity index (χ0) is 23.0. The van der Waals surface area contributed by atoms with Crippen molar-refractivity contribution in [3.8, 4) is 0 Å². The quantitative estimate of drug-likeness (QED) is 0.138. The Bertz CT molecular complexity index is 411. The fourth-order valence-corrected chi connectivity index (χ4v) is 3.61. The van der Waals surface area contributed by atoms with Gasteiger partial charge < -0.3 is 14.6 Å². The largest absolute Gasteiger partial charge is 0.462 e. The third-order valence-electron chi connectivity index (χ3n) is 5.65. The molecule has 0 aromatic carbocycles. The van der Waals surface area contributed by atoms with Gasteiger partial charge in [-0.2, -0.15) is 0 Å². The number of carbonyl (C=O) groups is 2. The average Bonchev–Trinajstić information content (AvgIpc) is 2.77. The second kappa shape index (κ2) is 23.6. The minimum atomic E-state index is -0.756. The zero-order valence-electron chi connectivity index (χ0n) is 20.5. The number of aliphatic hydroxyl groups excluding tert-OH is 1. The van der Waals surface area contributed by atoms with Crippen molar-refractivity contribution in [3.63, 3.8) is 0 Å². The van der Waals surface area contributed by atoms with Crippen LogP contribution >= 0.6 is 0 Å². The van der Waals surface area contributed by atoms with Crippen molar-refractivity contribution < 1.29 is 24.2 Å². The van der Waals surface area contributed by atoms with Gasteiger partial charge >= 0.3 is 11.9 Å². The van der Waals surface area contributed by atoms with E-state index in [1.807, 2.05) is 0 Å². The topological polar surface area (TPSA) is 72.8 Å². The Kier molecular flexibility index (Phi) is 22.7. The maximum absolute atomic E-state index is 11.9. The van der Waals surface area contributed by atoms with Gasteiger partial charge in [0.2, 0.25) is 0 Å². The number of ether oxygens (including phenoxy) is 2. The molecule has 0 spiro atoms. The molecule has 184 valence electrons. The lowest BCUT2D eigenvalue weighted by molar-refractivity contribution is -0.161. The number of unbranched alkanes of at least 4 members (excludes halogenated alkanes) is 15. The van der Waals surface area contributed by atoms with Crippen LogP contribution in [0.5, 0.6) is 0 Å². The number of hydrogen-bond acceptors (Lipinski definition) is 5. The lowest BCUT2D eigenvalue weighted by Crippen LogP contribution is -2.28. The van der Waals surface area contributed by atoms with Crippen LogP contribution in [0.15, 0.2) is 0 Å². The number of aliphatic hydroxyl groups is 1. The molecule has 0 aromatic heterocycles. The normalized spacial score (nSPS) is 12.0. The van der Waals surface area contributed by atoms with Crippen LogP contribution < -0.4 is 0 Å². The molecule has 0 bridgehead atoms. The van der Waals surface area contributed by atoms with Gasteiger partial charge in [0.25, 0.3) is 0 Å². The van der Waals surface area contributed by atoms with E-state index >= 15 is 0 Å². The van der Waals surface area contributed by atoms with Crippen molar-refractivity contribution in [1.82, 2.24) is 0 Å². The highest BCUT2D eigenvalue weighted by Gasteiger charge is 2.16. The predicted octanol–water partition coefficient (Wildman–Crippen LogP) is 6.89. The molecular weight excluding hydrogens is 392 g/mol. The van der Waals surface area contributed by atoms with Gasteiger partial charge in [-0.25, -0.2) is 0 Å². The molecule has 1 atom stereocenters. The van der Waals surface area contributed by atoms with Crippen molar-refractivity contribution in [1.29, 1.82) is 0 Å². The molecule has 0 rings (SSSR count). The number of rotatable bonds is 23. The Labute approximate surface area is 191 Å². The number of esters is 2. The monoisotopic (exact) mass is 442 g/mol. The molecule has 0 heterocycles. The van der Waals surface area contributed by atoms with E-state index < -0.39 is 6.10 Å². The minimum Gasteiger partial charge on any atom is -0.462 e. The molecule has 0 aliphatic rings. The summed E-state index contributed by atoms with van der Waals surface area (Å²) >= 11 is 0. The van der Waals surface area contributed by atoms with Gasteiger partial charge in [-0.15, -0.1) is 0 Å². The lowest BCUT2D eigenvalue weighted by Gasteiger charge is -2.15. The van der Waals surface area contributed by atoms with Crippen LogP contribution in [0.25, 0.3) is 0 Å². The summed E-state index contributed by atoms with van der Waals surface area (Å²) in [7, 11) is 0. The van der Waals surface area contributed by atoms with E-state index in [-0.39, 0.29) is 25.2 Å². The Balaban J connectivity index is 3.62. The average molecular weight is 443 g/mol. The Hall–Kier alpha value is -1.10. The van der Waals surface area contributed by atoms with Gasteiger partial charge in [-0.05, 0) is 12.8 Å². The molecule has 0 aliphatic carbocycles. The minimum absolute atomic E-state index is 0.0597. The third-order valence-corrected chi connectivity index (χ3v) is 5.65. The van der Waals surface area contributed by atoms with Crippen LogP contribution in [0.1, 0.15) is 136 Å². The fraction of sp³-hybridized carbons (Fsp3) is 0.923. The highest BCUT2D eigenvalue weighted by molar-refractivity contribution is 5.70. The summed E-state index contributed by atoms with van der Waals surface area (Å²) in [6, 6.07) is 0. The first-order chi connectivity index (χ1) is 15.1. The summed E-state index contributed by atoms with van der Waals surface area (Å²) in [5.41, 5.74) is 0. The van der Waals surface area contributed by atoms with E-state index in [0.29, 0.717) is 12.8 Å². The summed E-state index contributed by atoms with van der Waals surface area (Å²) in [4.78, 5) is 23.8. The summed E-state index contributed by atoms with van der Waals surface area (Å²) in [5.74, 6) is -0.597. The van der Waals surface area contributed by atoms with Crippen molar-refractivity contribution in [2.24, 2.45) is 0 Å². The molecule has 5 heteroatoms. The van der Waals surface area contributed by atoms with Crippen LogP contribution in [-0.2, 0) is 19.1 Å². The maximum Gasteiger partial charge on any atom is 0.306 e. The molecular formula is C26H50O5. The van der Waals surface area contributed by atoms with Crippen LogP contribution in [0.3, 0.4) is 0 Å². The molecule has 0 aromatic rings. The standard InChI is InChI=1S/C26H50O5/c1-3-5-7-9-11-13-15-17-19-21-26(29)31-24(22-27)23-30-25(28)20-18-16-14-12-10-8-6-4-2/h24,27H,3-23H2,1-2H3/t24-/m0/s1. The highest BCUT2D eigenvalue weighted by Crippen LogP contribution is 2.12. The van der Waals surface area contributed by atoms with E-state index in [1.165, 1.54) is 70.6 Å². The highest BCUT2D eigenvalue weighted by atomic mass is 16.6. The fourth-order valence-electron chi connectivity index (χ4n) is 3.61. The SMILES string of the molecule is CCCCCCCCCCCC(=O)O[C@@H](CO)COC(=O)CCCCCCCCCC. The lowest BCUT2D eigenvalue weighted by atomic mass is 10.1. The van der Waals surface area contributed by atoms with Crippen molar-refractivity contribution >= 4 is 11.9 Å². The molecule has 0 fully saturated rings. The zero-order valence-corrected chi connectivity index (χ0v) is 20.5. The Morgan fingerprint density at radius 1 is 0.613 bits per heavy atom. The second-order valence-corrected chi connectivity index (χ2v) is 8.78. The van der Waals surface area contributed by atoms with Crippen molar-refractivity contribution in [2.45, 2.75) is 142 Å². The van der Waals surface area contributed by atoms with Crippen LogP contribution in [0.2, 0.25) is 0 Å². The number of hydrogen-bond donors (Lipinski definition) is 1. The molecule has 0 saturated carbocycles. The molecule has 0 aliphatic heterocycles. The van der Waals surface area contributed by atoms with Gasteiger partial charge in [0, 0.05) is 12.8 Å². The molecule has 0 radical (unpaired) electrons. The van der Waals surface area contributed by atoms with Gasteiger partial charge in [0.15, 0.2) is 6.10 Å². The molecule has 31 heavy (non-hydrogen) atoms. The second-order valence-electron chi connectivity index (χ2n) is 8.78. The third kappa shape index (κ3) is 21.9. The maximum atomic E-state index is 11.9. The molecule has 0 unspecified atom stereocenters. The summed E-state index contributed by atoms with van der Waals surface area (Å²) in [6.07, 6.45) is 20.1. The molecule has 0 saturated heterocycles. The van der Waals surface area contributed by atoms with Gasteiger partial charge in [0.05, 0.1) is 6.61 Å². The van der Waals surface area contributed by atoms with Gasteiger partial charge in [-0.1, -0.05) is 110 Å². The van der Waals surface area contributed by atoms with Gasteiger partial charge in [0.1, 0.15) is 6.61 Å².